The van der Waals surface area contributed by atoms with Gasteiger partial charge in [0, 0.05) is 48.4 Å². The maximum atomic E-state index is 10.1. The third kappa shape index (κ3) is 5.65. The molecular weight excluding hydrogens is 390 g/mol. The number of nitrogens with zero attached hydrogens (tertiary/aromatic N) is 1. The molecule has 1 fully saturated rings. The lowest BCUT2D eigenvalue weighted by Crippen LogP contribution is -2.27. The molecule has 7 heteroatoms. The first-order valence-corrected chi connectivity index (χ1v) is 10.6. The number of allylic oxidation sites excluding steroid dienone is 1. The van der Waals surface area contributed by atoms with Gasteiger partial charge in [-0.05, 0) is 55.0 Å². The third-order valence-electron chi connectivity index (χ3n) is 5.54. The van der Waals surface area contributed by atoms with Crippen molar-refractivity contribution in [2.75, 3.05) is 13.1 Å². The highest BCUT2D eigenvalue weighted by atomic mass is 16.3. The Morgan fingerprint density at radius 3 is 2.55 bits per heavy atom. The zero-order valence-corrected chi connectivity index (χ0v) is 17.4. The summed E-state index contributed by atoms with van der Waals surface area (Å²) in [6.07, 6.45) is 8.46. The quantitative estimate of drug-likeness (QED) is 0.275. The molecule has 162 valence electrons. The van der Waals surface area contributed by atoms with Crippen LogP contribution in [0.3, 0.4) is 0 Å². The van der Waals surface area contributed by atoms with Gasteiger partial charge in [-0.25, -0.2) is 0 Å². The molecule has 7 N–H and O–H groups in total. The van der Waals surface area contributed by atoms with Crippen molar-refractivity contribution in [1.29, 1.82) is 0 Å². The molecule has 0 atom stereocenters. The van der Waals surface area contributed by atoms with Crippen LogP contribution < -0.4 is 21.9 Å². The molecule has 0 aromatic heterocycles. The minimum atomic E-state index is 0.0350. The molecule has 0 amide bonds. The van der Waals surface area contributed by atoms with Gasteiger partial charge in [0.15, 0.2) is 0 Å². The average Bonchev–Trinajstić information content (AvgIpc) is 3.61. The van der Waals surface area contributed by atoms with Gasteiger partial charge in [0.05, 0.1) is 5.70 Å². The van der Waals surface area contributed by atoms with Crippen LogP contribution in [0.2, 0.25) is 0 Å². The normalized spacial score (nSPS) is 16.5. The molecule has 1 aliphatic heterocycles. The van der Waals surface area contributed by atoms with Crippen molar-refractivity contribution in [1.82, 2.24) is 16.1 Å². The molecule has 1 heterocycles. The van der Waals surface area contributed by atoms with E-state index in [2.05, 4.69) is 21.1 Å². The number of benzene rings is 2. The van der Waals surface area contributed by atoms with E-state index in [1.165, 1.54) is 24.6 Å². The molecule has 1 aliphatic carbocycles. The first-order chi connectivity index (χ1) is 15.1. The van der Waals surface area contributed by atoms with Gasteiger partial charge >= 0.3 is 0 Å². The number of hydrogen-bond acceptors (Lipinski definition) is 7. The lowest BCUT2D eigenvalue weighted by Gasteiger charge is -2.16. The minimum absolute atomic E-state index is 0.0350. The zero-order valence-electron chi connectivity index (χ0n) is 17.4. The fourth-order valence-electron chi connectivity index (χ4n) is 3.53. The molecule has 2 aromatic carbocycles. The SMILES string of the molecule is NN/C(=C\CNC1=CN=C(CNC2CC2)CC1)c1ccc(-c2ccc(O)cc2O)cc1. The van der Waals surface area contributed by atoms with Crippen molar-refractivity contribution in [3.05, 3.63) is 66.0 Å². The van der Waals surface area contributed by atoms with Crippen LogP contribution in [0.15, 0.2) is 65.4 Å². The Bertz CT molecular complexity index is 1010. The number of nitrogens with one attached hydrogen (secondary N) is 3. The number of phenols is 2. The second-order valence-electron chi connectivity index (χ2n) is 7.93. The lowest BCUT2D eigenvalue weighted by atomic mass is 10.0. The molecule has 2 aromatic rings. The fraction of sp³-hybridized carbons (Fsp3) is 0.292. The van der Waals surface area contributed by atoms with Crippen LogP contribution in [0.1, 0.15) is 31.2 Å². The maximum absolute atomic E-state index is 10.1. The van der Waals surface area contributed by atoms with Gasteiger partial charge < -0.3 is 26.3 Å². The fourth-order valence-corrected chi connectivity index (χ4v) is 3.53. The molecule has 0 spiro atoms. The third-order valence-corrected chi connectivity index (χ3v) is 5.54. The van der Waals surface area contributed by atoms with Gasteiger partial charge in [-0.1, -0.05) is 24.3 Å². The van der Waals surface area contributed by atoms with E-state index in [0.717, 1.165) is 41.9 Å². The van der Waals surface area contributed by atoms with E-state index in [1.54, 1.807) is 12.1 Å². The largest absolute Gasteiger partial charge is 0.508 e. The predicted molar refractivity (Wildman–Crippen MR) is 124 cm³/mol. The van der Waals surface area contributed by atoms with Crippen molar-refractivity contribution < 1.29 is 10.2 Å². The highest BCUT2D eigenvalue weighted by Gasteiger charge is 2.21. The molecule has 2 aliphatic rings. The van der Waals surface area contributed by atoms with Crippen molar-refractivity contribution in [2.24, 2.45) is 10.8 Å². The second-order valence-corrected chi connectivity index (χ2v) is 7.93. The van der Waals surface area contributed by atoms with E-state index in [1.807, 2.05) is 36.5 Å². The van der Waals surface area contributed by atoms with Gasteiger partial charge in [-0.2, -0.15) is 0 Å². The topological polar surface area (TPSA) is 115 Å². The maximum Gasteiger partial charge on any atom is 0.127 e. The van der Waals surface area contributed by atoms with Crippen LogP contribution in [-0.2, 0) is 0 Å². The van der Waals surface area contributed by atoms with E-state index in [4.69, 9.17) is 5.84 Å². The first kappa shape index (κ1) is 21.0. The summed E-state index contributed by atoms with van der Waals surface area (Å²) >= 11 is 0. The highest BCUT2D eigenvalue weighted by molar-refractivity contribution is 5.88. The van der Waals surface area contributed by atoms with Gasteiger partial charge in [0.25, 0.3) is 0 Å². The van der Waals surface area contributed by atoms with Crippen LogP contribution in [0.5, 0.6) is 11.5 Å². The van der Waals surface area contributed by atoms with Gasteiger partial charge in [-0.15, -0.1) is 0 Å². The van der Waals surface area contributed by atoms with E-state index in [0.29, 0.717) is 18.2 Å². The summed E-state index contributed by atoms with van der Waals surface area (Å²) in [5, 5.41) is 26.4. The van der Waals surface area contributed by atoms with Crippen molar-refractivity contribution in [3.8, 4) is 22.6 Å². The number of aliphatic imine (C=N–C) groups is 1. The Morgan fingerprint density at radius 2 is 1.90 bits per heavy atom. The Morgan fingerprint density at radius 1 is 1.10 bits per heavy atom. The van der Waals surface area contributed by atoms with Crippen LogP contribution in [0.25, 0.3) is 16.8 Å². The second kappa shape index (κ2) is 9.68. The number of nitrogens with two attached hydrogens (primary N) is 1. The summed E-state index contributed by atoms with van der Waals surface area (Å²) in [4.78, 5) is 4.57. The summed E-state index contributed by atoms with van der Waals surface area (Å²) in [6.45, 7) is 1.53. The smallest absolute Gasteiger partial charge is 0.127 e. The predicted octanol–water partition coefficient (Wildman–Crippen LogP) is 2.99. The number of hydrogen-bond donors (Lipinski definition) is 6. The van der Waals surface area contributed by atoms with E-state index < -0.39 is 0 Å². The van der Waals surface area contributed by atoms with Crippen LogP contribution >= 0.6 is 0 Å². The molecule has 4 rings (SSSR count). The number of rotatable bonds is 9. The van der Waals surface area contributed by atoms with Gasteiger partial charge in [0.1, 0.15) is 11.5 Å². The Hall–Kier alpha value is -3.29. The summed E-state index contributed by atoms with van der Waals surface area (Å²) in [6, 6.07) is 13.0. The lowest BCUT2D eigenvalue weighted by molar-refractivity contribution is 0.452. The first-order valence-electron chi connectivity index (χ1n) is 10.6. The molecular formula is C24H29N5O2. The monoisotopic (exact) mass is 419 g/mol. The van der Waals surface area contributed by atoms with Gasteiger partial charge in [0.2, 0.25) is 0 Å². The number of phenolic OH excluding ortho intramolecular Hbond substituents is 2. The molecule has 31 heavy (non-hydrogen) atoms. The minimum Gasteiger partial charge on any atom is -0.508 e. The average molecular weight is 420 g/mol. The number of aromatic hydroxyl groups is 2. The molecule has 0 bridgehead atoms. The van der Waals surface area contributed by atoms with Crippen molar-refractivity contribution in [3.63, 3.8) is 0 Å². The van der Waals surface area contributed by atoms with Crippen LogP contribution in [0, 0.1) is 0 Å². The highest BCUT2D eigenvalue weighted by Crippen LogP contribution is 2.32. The standard InChI is InChI=1S/C24H29N5O2/c25-29-23(11-12-26-19-7-8-20(28-14-19)15-27-18-5-6-18)17-3-1-16(2-4-17)22-10-9-21(30)13-24(22)31/h1-4,9-11,13-14,18,26-27,29-31H,5-8,12,15,25H2/b23-11-. The molecule has 0 radical (unpaired) electrons. The molecule has 0 saturated heterocycles. The van der Waals surface area contributed by atoms with E-state index in [9.17, 15) is 10.2 Å². The summed E-state index contributed by atoms with van der Waals surface area (Å²) < 4.78 is 0. The van der Waals surface area contributed by atoms with Gasteiger partial charge in [-0.3, -0.25) is 10.8 Å². The van der Waals surface area contributed by atoms with Crippen LogP contribution in [-0.4, -0.2) is 35.1 Å². The summed E-state index contributed by atoms with van der Waals surface area (Å²) in [7, 11) is 0. The summed E-state index contributed by atoms with van der Waals surface area (Å²) in [5.74, 6) is 5.81. The van der Waals surface area contributed by atoms with Crippen molar-refractivity contribution >= 4 is 11.4 Å². The van der Waals surface area contributed by atoms with Crippen LogP contribution in [0.4, 0.5) is 0 Å². The van der Waals surface area contributed by atoms with E-state index in [-0.39, 0.29) is 11.5 Å². The molecule has 7 nitrogen and oxygen atoms in total. The Balaban J connectivity index is 1.35. The molecule has 1 saturated carbocycles. The zero-order chi connectivity index (χ0) is 21.6. The Kier molecular flexibility index (Phi) is 6.54. The summed E-state index contributed by atoms with van der Waals surface area (Å²) in [5.41, 5.74) is 8.37. The molecule has 0 unspecified atom stereocenters. The number of hydrazine groups is 1. The van der Waals surface area contributed by atoms with E-state index >= 15 is 0 Å². The van der Waals surface area contributed by atoms with Crippen molar-refractivity contribution in [2.45, 2.75) is 31.7 Å². The Labute approximate surface area is 182 Å².